The van der Waals surface area contributed by atoms with Crippen LogP contribution in [0.5, 0.6) is 0 Å². The van der Waals surface area contributed by atoms with Gasteiger partial charge in [-0.05, 0) is 0 Å². The molecular weight excluding hydrogens is 110 g/mol. The van der Waals surface area contributed by atoms with E-state index < -0.39 is 0 Å². The molecule has 0 spiro atoms. The summed E-state index contributed by atoms with van der Waals surface area (Å²) in [6.07, 6.45) is 0. The molecule has 0 unspecified atom stereocenters. The number of carbonyl (C=O) groups excluding carboxylic acids is 1. The van der Waals surface area contributed by atoms with Crippen LogP contribution >= 0.6 is 11.8 Å². The van der Waals surface area contributed by atoms with E-state index in [4.69, 9.17) is 0 Å². The lowest BCUT2D eigenvalue weighted by atomic mass is 10.6. The topological polar surface area (TPSA) is 33.7 Å². The first kappa shape index (κ1) is 5.12. The van der Waals surface area contributed by atoms with Gasteiger partial charge in [-0.25, -0.2) is 4.79 Å². The van der Waals surface area contributed by atoms with Gasteiger partial charge in [0.05, 0.1) is 6.54 Å². The van der Waals surface area contributed by atoms with E-state index in [1.54, 1.807) is 17.1 Å². The monoisotopic (exact) mass is 118 g/mol. The van der Waals surface area contributed by atoms with Gasteiger partial charge in [-0.2, -0.15) is 0 Å². The number of nitrogens with two attached hydrogens (primary N) is 1. The predicted octanol–water partition coefficient (Wildman–Crippen LogP) is -1.18. The zero-order valence-electron chi connectivity index (χ0n) is 4.02. The van der Waals surface area contributed by atoms with E-state index in [-0.39, 0.29) is 0 Å². The average molecular weight is 118 g/mol. The molecule has 0 aromatic carbocycles. The van der Waals surface area contributed by atoms with Crippen molar-refractivity contribution in [1.82, 2.24) is 0 Å². The van der Waals surface area contributed by atoms with E-state index in [0.717, 1.165) is 12.3 Å². The minimum atomic E-state index is 0.302. The van der Waals surface area contributed by atoms with Crippen molar-refractivity contribution in [2.24, 2.45) is 0 Å². The molecule has 1 rings (SSSR count). The van der Waals surface area contributed by atoms with Crippen LogP contribution in [-0.4, -0.2) is 24.0 Å². The van der Waals surface area contributed by atoms with Crippen molar-refractivity contribution < 1.29 is 10.1 Å². The molecular formula is C4H8NOS+. The Balaban J connectivity index is 2.25. The van der Waals surface area contributed by atoms with Crippen molar-refractivity contribution in [3.63, 3.8) is 0 Å². The predicted molar refractivity (Wildman–Crippen MR) is 29.1 cm³/mol. The van der Waals surface area contributed by atoms with E-state index >= 15 is 0 Å². The maximum Gasteiger partial charge on any atom is 0.320 e. The van der Waals surface area contributed by atoms with Gasteiger partial charge in [0, 0.05) is 5.75 Å². The lowest BCUT2D eigenvalue weighted by Crippen LogP contribution is -2.90. The normalized spacial score (nSPS) is 22.6. The van der Waals surface area contributed by atoms with E-state index in [1.807, 2.05) is 0 Å². The number of carbonyl (C=O) groups is 1. The van der Waals surface area contributed by atoms with E-state index in [2.05, 4.69) is 0 Å². The van der Waals surface area contributed by atoms with Crippen LogP contribution in [0, 0.1) is 0 Å². The fourth-order valence-corrected chi connectivity index (χ4v) is 1.28. The minimum absolute atomic E-state index is 0.302. The number of primary amides is 1. The largest absolute Gasteiger partial charge is 0.320 e. The highest BCUT2D eigenvalue weighted by Gasteiger charge is 2.10. The average Bonchev–Trinajstić information content (AvgIpc) is 1.69. The Hall–Kier alpha value is -0.0200. The molecule has 1 amide bonds. The molecule has 0 aliphatic carbocycles. The van der Waals surface area contributed by atoms with E-state index in [9.17, 15) is 4.79 Å². The van der Waals surface area contributed by atoms with E-state index in [1.165, 1.54) is 0 Å². The van der Waals surface area contributed by atoms with Crippen molar-refractivity contribution in [1.29, 1.82) is 0 Å². The van der Waals surface area contributed by atoms with Crippen LogP contribution in [-0.2, 0) is 4.79 Å². The summed E-state index contributed by atoms with van der Waals surface area (Å²) in [6, 6.07) is 0. The second kappa shape index (κ2) is 2.33. The third-order valence-electron chi connectivity index (χ3n) is 0.879. The molecule has 0 aromatic heterocycles. The van der Waals surface area contributed by atoms with Gasteiger partial charge in [0.15, 0.2) is 0 Å². The summed E-state index contributed by atoms with van der Waals surface area (Å²) in [7, 11) is 0. The second-order valence-corrected chi connectivity index (χ2v) is 2.62. The van der Waals surface area contributed by atoms with Gasteiger partial charge in [-0.15, -0.1) is 11.8 Å². The van der Waals surface area contributed by atoms with Gasteiger partial charge in [0.25, 0.3) is 0 Å². The standard InChI is InChI=1S/C4H7NOS/c6-4-3-7-2-1-5-4/h1-3H2,(H,5,6)/p+1. The molecule has 2 nitrogen and oxygen atoms in total. The van der Waals surface area contributed by atoms with Crippen LogP contribution in [0.4, 0.5) is 0 Å². The minimum Gasteiger partial charge on any atom is -0.282 e. The number of hydrogen-bond donors (Lipinski definition) is 1. The van der Waals surface area contributed by atoms with Crippen molar-refractivity contribution >= 4 is 17.7 Å². The number of rotatable bonds is 0. The third-order valence-corrected chi connectivity index (χ3v) is 1.89. The first-order valence-corrected chi connectivity index (χ1v) is 3.49. The Morgan fingerprint density at radius 1 is 1.71 bits per heavy atom. The highest BCUT2D eigenvalue weighted by atomic mass is 32.2. The summed E-state index contributed by atoms with van der Waals surface area (Å²) in [5, 5.41) is 1.77. The Morgan fingerprint density at radius 2 is 2.57 bits per heavy atom. The SMILES string of the molecule is O=C1CSCC[NH2+]1. The number of amides is 1. The smallest absolute Gasteiger partial charge is 0.282 e. The number of thioether (sulfide) groups is 1. The van der Waals surface area contributed by atoms with Crippen LogP contribution in [0.1, 0.15) is 0 Å². The lowest BCUT2D eigenvalue weighted by molar-refractivity contribution is -0.563. The number of quaternary nitrogens is 1. The Kier molecular flexibility index (Phi) is 1.70. The van der Waals surface area contributed by atoms with Gasteiger partial charge in [0.2, 0.25) is 0 Å². The molecule has 0 saturated carbocycles. The lowest BCUT2D eigenvalue weighted by Gasteiger charge is -2.03. The maximum atomic E-state index is 10.4. The maximum absolute atomic E-state index is 10.4. The molecule has 1 heterocycles. The molecule has 1 aliphatic rings. The molecule has 1 aliphatic heterocycles. The zero-order chi connectivity index (χ0) is 5.11. The Labute approximate surface area is 46.7 Å². The van der Waals surface area contributed by atoms with Crippen LogP contribution in [0.2, 0.25) is 0 Å². The Bertz CT molecular complexity index is 75.8. The summed E-state index contributed by atoms with van der Waals surface area (Å²) in [5.41, 5.74) is 0. The molecule has 0 atom stereocenters. The summed E-state index contributed by atoms with van der Waals surface area (Å²) in [4.78, 5) is 10.4. The third kappa shape index (κ3) is 1.49. The molecule has 7 heavy (non-hydrogen) atoms. The van der Waals surface area contributed by atoms with Gasteiger partial charge < -0.3 is 0 Å². The molecule has 0 radical (unpaired) electrons. The van der Waals surface area contributed by atoms with Crippen molar-refractivity contribution in [2.45, 2.75) is 0 Å². The summed E-state index contributed by atoms with van der Waals surface area (Å²) >= 11 is 1.72. The van der Waals surface area contributed by atoms with Crippen molar-refractivity contribution in [2.75, 3.05) is 18.1 Å². The van der Waals surface area contributed by atoms with Crippen LogP contribution in [0.15, 0.2) is 0 Å². The fraction of sp³-hybridized carbons (Fsp3) is 0.750. The first-order chi connectivity index (χ1) is 3.39. The molecule has 0 aromatic rings. The van der Waals surface area contributed by atoms with Crippen LogP contribution in [0.3, 0.4) is 0 Å². The summed E-state index contributed by atoms with van der Waals surface area (Å²) in [5.74, 6) is 2.14. The highest BCUT2D eigenvalue weighted by molar-refractivity contribution is 8.00. The van der Waals surface area contributed by atoms with Crippen molar-refractivity contribution in [3.8, 4) is 0 Å². The fourth-order valence-electron chi connectivity index (χ4n) is 0.535. The van der Waals surface area contributed by atoms with Gasteiger partial charge >= 0.3 is 5.91 Å². The molecule has 3 heteroatoms. The van der Waals surface area contributed by atoms with Crippen molar-refractivity contribution in [3.05, 3.63) is 0 Å². The Morgan fingerprint density at radius 3 is 2.86 bits per heavy atom. The van der Waals surface area contributed by atoms with E-state index in [0.29, 0.717) is 11.7 Å². The first-order valence-electron chi connectivity index (χ1n) is 2.33. The molecule has 1 fully saturated rings. The number of hydrogen-bond acceptors (Lipinski definition) is 2. The summed E-state index contributed by atoms with van der Waals surface area (Å²) < 4.78 is 0. The summed E-state index contributed by atoms with van der Waals surface area (Å²) in [6.45, 7) is 0.976. The zero-order valence-corrected chi connectivity index (χ0v) is 4.83. The second-order valence-electron chi connectivity index (χ2n) is 1.51. The molecule has 1 saturated heterocycles. The van der Waals surface area contributed by atoms with Gasteiger partial charge in [-0.3, -0.25) is 5.32 Å². The molecule has 2 N–H and O–H groups in total. The van der Waals surface area contributed by atoms with Crippen LogP contribution < -0.4 is 5.32 Å². The van der Waals surface area contributed by atoms with Crippen LogP contribution in [0.25, 0.3) is 0 Å². The molecule has 40 valence electrons. The van der Waals surface area contributed by atoms with Gasteiger partial charge in [0.1, 0.15) is 5.75 Å². The molecule has 0 bridgehead atoms. The quantitative estimate of drug-likeness (QED) is 0.434. The van der Waals surface area contributed by atoms with Gasteiger partial charge in [-0.1, -0.05) is 0 Å². The highest BCUT2D eigenvalue weighted by Crippen LogP contribution is 1.96.